The molecule has 102 valence electrons. The van der Waals surface area contributed by atoms with Gasteiger partial charge in [0.2, 0.25) is 0 Å². The highest BCUT2D eigenvalue weighted by Crippen LogP contribution is 2.24. The van der Waals surface area contributed by atoms with Crippen LogP contribution in [0.3, 0.4) is 0 Å². The second kappa shape index (κ2) is 4.49. The Kier molecular flexibility index (Phi) is 2.50. The lowest BCUT2D eigenvalue weighted by Gasteiger charge is -2.00. The van der Waals surface area contributed by atoms with Crippen LogP contribution in [0.1, 0.15) is 11.3 Å². The van der Waals surface area contributed by atoms with Gasteiger partial charge in [0.15, 0.2) is 0 Å². The summed E-state index contributed by atoms with van der Waals surface area (Å²) < 4.78 is 0. The topological polar surface area (TPSA) is 73.0 Å². The molecule has 0 radical (unpaired) electrons. The highest BCUT2D eigenvalue weighted by Gasteiger charge is 2.25. The van der Waals surface area contributed by atoms with E-state index >= 15 is 0 Å². The van der Waals surface area contributed by atoms with Gasteiger partial charge in [-0.1, -0.05) is 18.2 Å². The largest absolute Gasteiger partial charge is 0.362 e. The predicted octanol–water partition coefficient (Wildman–Crippen LogP) is 2.41. The van der Waals surface area contributed by atoms with Crippen molar-refractivity contribution in [3.8, 4) is 0 Å². The van der Waals surface area contributed by atoms with E-state index in [0.717, 1.165) is 22.2 Å². The average Bonchev–Trinajstić information content (AvgIpc) is 3.21. The molecule has 3 N–H and O–H groups in total. The Bertz CT molecular complexity index is 884. The molecule has 0 aliphatic carbocycles. The number of H-pyrrole nitrogens is 2. The molecule has 5 nitrogen and oxygen atoms in total. The fourth-order valence-corrected chi connectivity index (χ4v) is 2.53. The number of amides is 1. The van der Waals surface area contributed by atoms with E-state index in [1.807, 2.05) is 54.9 Å². The summed E-state index contributed by atoms with van der Waals surface area (Å²) in [7, 11) is 0. The summed E-state index contributed by atoms with van der Waals surface area (Å²) in [6.45, 7) is 0. The predicted molar refractivity (Wildman–Crippen MR) is 81.7 cm³/mol. The molecule has 1 amide bonds. The zero-order valence-corrected chi connectivity index (χ0v) is 11.1. The number of nitrogens with one attached hydrogen (secondary N) is 3. The van der Waals surface area contributed by atoms with E-state index in [1.165, 1.54) is 0 Å². The number of aromatic amines is 2. The van der Waals surface area contributed by atoms with Crippen LogP contribution in [0, 0.1) is 0 Å². The highest BCUT2D eigenvalue weighted by atomic mass is 16.2. The third-order valence-corrected chi connectivity index (χ3v) is 3.54. The van der Waals surface area contributed by atoms with Crippen LogP contribution in [0.2, 0.25) is 0 Å². The van der Waals surface area contributed by atoms with Crippen LogP contribution in [0.5, 0.6) is 0 Å². The third-order valence-electron chi connectivity index (χ3n) is 3.54. The van der Waals surface area contributed by atoms with Crippen molar-refractivity contribution >= 4 is 28.6 Å². The Morgan fingerprint density at radius 3 is 2.81 bits per heavy atom. The molecule has 3 heterocycles. The minimum Gasteiger partial charge on any atom is -0.362 e. The second-order valence-electron chi connectivity index (χ2n) is 4.83. The summed E-state index contributed by atoms with van der Waals surface area (Å²) in [5.74, 6) is -0.190. The Hall–Kier alpha value is -3.08. The molecule has 0 bridgehead atoms. The number of para-hydroxylation sites is 1. The number of carbonyl (C=O) groups is 1. The molecule has 1 aliphatic heterocycles. The summed E-state index contributed by atoms with van der Waals surface area (Å²) >= 11 is 0. The molecule has 21 heavy (non-hydrogen) atoms. The maximum absolute atomic E-state index is 12.0. The molecule has 0 fully saturated rings. The van der Waals surface area contributed by atoms with E-state index in [2.05, 4.69) is 20.5 Å². The number of benzene rings is 1. The number of aromatic nitrogens is 2. The van der Waals surface area contributed by atoms with Gasteiger partial charge in [0, 0.05) is 34.6 Å². The fraction of sp³-hybridized carbons (Fsp3) is 0. The minimum absolute atomic E-state index is 0.190. The van der Waals surface area contributed by atoms with Gasteiger partial charge in [-0.3, -0.25) is 4.79 Å². The number of hydrogen-bond acceptors (Lipinski definition) is 2. The SMILES string of the molecule is O=C1NN=C(c2c[nH]c3ccccc23)/C1=C\c1ccc[nH]1. The van der Waals surface area contributed by atoms with E-state index in [0.29, 0.717) is 11.3 Å². The molecular weight excluding hydrogens is 264 g/mol. The molecule has 5 heteroatoms. The number of rotatable bonds is 2. The van der Waals surface area contributed by atoms with Crippen molar-refractivity contribution in [3.63, 3.8) is 0 Å². The lowest BCUT2D eigenvalue weighted by Crippen LogP contribution is -2.13. The van der Waals surface area contributed by atoms with Crippen LogP contribution in [-0.4, -0.2) is 21.6 Å². The van der Waals surface area contributed by atoms with Crippen molar-refractivity contribution in [1.29, 1.82) is 0 Å². The summed E-state index contributed by atoms with van der Waals surface area (Å²) in [6, 6.07) is 11.8. The third kappa shape index (κ3) is 1.87. The molecule has 0 saturated heterocycles. The van der Waals surface area contributed by atoms with E-state index in [9.17, 15) is 4.79 Å². The van der Waals surface area contributed by atoms with Gasteiger partial charge in [0.1, 0.15) is 5.71 Å². The maximum Gasteiger partial charge on any atom is 0.273 e. The molecule has 0 unspecified atom stereocenters. The van der Waals surface area contributed by atoms with Crippen LogP contribution in [0.15, 0.2) is 59.5 Å². The summed E-state index contributed by atoms with van der Waals surface area (Å²) in [5.41, 5.74) is 6.57. The van der Waals surface area contributed by atoms with Crippen molar-refractivity contribution < 1.29 is 4.79 Å². The van der Waals surface area contributed by atoms with E-state index < -0.39 is 0 Å². The molecule has 0 atom stereocenters. The first-order valence-electron chi connectivity index (χ1n) is 6.63. The summed E-state index contributed by atoms with van der Waals surface area (Å²) in [5, 5.41) is 5.23. The molecule has 1 aliphatic rings. The first-order valence-corrected chi connectivity index (χ1v) is 6.63. The summed E-state index contributed by atoms with van der Waals surface area (Å²) in [6.07, 6.45) is 5.51. The van der Waals surface area contributed by atoms with Crippen LogP contribution in [0.4, 0.5) is 0 Å². The van der Waals surface area contributed by atoms with Gasteiger partial charge < -0.3 is 9.97 Å². The van der Waals surface area contributed by atoms with Gasteiger partial charge in [-0.25, -0.2) is 5.43 Å². The first-order chi connectivity index (χ1) is 10.3. The first kappa shape index (κ1) is 11.7. The zero-order chi connectivity index (χ0) is 14.2. The van der Waals surface area contributed by atoms with Gasteiger partial charge >= 0.3 is 0 Å². The average molecular weight is 276 g/mol. The number of hydrazone groups is 1. The van der Waals surface area contributed by atoms with Crippen LogP contribution >= 0.6 is 0 Å². The van der Waals surface area contributed by atoms with Gasteiger partial charge in [-0.2, -0.15) is 5.10 Å². The number of fused-ring (bicyclic) bond motifs is 1. The maximum atomic E-state index is 12.0. The number of hydrogen-bond donors (Lipinski definition) is 3. The number of nitrogens with zero attached hydrogens (tertiary/aromatic N) is 1. The molecule has 3 aromatic rings. The van der Waals surface area contributed by atoms with Crippen molar-refractivity contribution in [2.75, 3.05) is 0 Å². The standard InChI is InChI=1S/C16H12N4O/c21-16-12(8-10-4-3-7-17-10)15(19-20-16)13-9-18-14-6-2-1-5-11(13)14/h1-9,17-18H,(H,20,21)/b12-8+. The Morgan fingerprint density at radius 1 is 1.05 bits per heavy atom. The Morgan fingerprint density at radius 2 is 1.95 bits per heavy atom. The molecule has 1 aromatic carbocycles. The van der Waals surface area contributed by atoms with Crippen molar-refractivity contribution in [1.82, 2.24) is 15.4 Å². The lowest BCUT2D eigenvalue weighted by molar-refractivity contribution is -0.116. The van der Waals surface area contributed by atoms with Crippen molar-refractivity contribution in [2.24, 2.45) is 5.10 Å². The minimum atomic E-state index is -0.190. The quantitative estimate of drug-likeness (QED) is 0.618. The Balaban J connectivity index is 1.85. The highest BCUT2D eigenvalue weighted by molar-refractivity contribution is 6.35. The summed E-state index contributed by atoms with van der Waals surface area (Å²) in [4.78, 5) is 18.3. The second-order valence-corrected chi connectivity index (χ2v) is 4.83. The van der Waals surface area contributed by atoms with Gasteiger partial charge in [-0.15, -0.1) is 0 Å². The van der Waals surface area contributed by atoms with Crippen molar-refractivity contribution in [2.45, 2.75) is 0 Å². The fourth-order valence-electron chi connectivity index (χ4n) is 2.53. The lowest BCUT2D eigenvalue weighted by atomic mass is 10.0. The van der Waals surface area contributed by atoms with Gasteiger partial charge in [0.05, 0.1) is 5.57 Å². The van der Waals surface area contributed by atoms with E-state index in [1.54, 1.807) is 0 Å². The monoisotopic (exact) mass is 276 g/mol. The van der Waals surface area contributed by atoms with Crippen LogP contribution < -0.4 is 5.43 Å². The molecule has 2 aromatic heterocycles. The molecule has 0 spiro atoms. The van der Waals surface area contributed by atoms with Gasteiger partial charge in [0.25, 0.3) is 5.91 Å². The zero-order valence-electron chi connectivity index (χ0n) is 11.1. The van der Waals surface area contributed by atoms with E-state index in [4.69, 9.17) is 0 Å². The van der Waals surface area contributed by atoms with E-state index in [-0.39, 0.29) is 5.91 Å². The van der Waals surface area contributed by atoms with Crippen molar-refractivity contribution in [3.05, 3.63) is 65.6 Å². The molecule has 4 rings (SSSR count). The van der Waals surface area contributed by atoms with Crippen LogP contribution in [0.25, 0.3) is 17.0 Å². The van der Waals surface area contributed by atoms with Crippen LogP contribution in [-0.2, 0) is 4.79 Å². The van der Waals surface area contributed by atoms with Gasteiger partial charge in [-0.05, 0) is 24.3 Å². The molecule has 0 saturated carbocycles. The molecular formula is C16H12N4O. The Labute approximate surface area is 120 Å². The number of carbonyl (C=O) groups excluding carboxylic acids is 1. The smallest absolute Gasteiger partial charge is 0.273 e. The normalized spacial score (nSPS) is 16.5.